The van der Waals surface area contributed by atoms with E-state index in [1.165, 1.54) is 49.0 Å². The van der Waals surface area contributed by atoms with Crippen LogP contribution in [0, 0.1) is 0 Å². The number of aromatic nitrogens is 1. The van der Waals surface area contributed by atoms with Gasteiger partial charge in [-0.1, -0.05) is 147 Å². The van der Waals surface area contributed by atoms with E-state index in [2.05, 4.69) is 187 Å². The van der Waals surface area contributed by atoms with Gasteiger partial charge in [0.05, 0.1) is 16.7 Å². The van der Waals surface area contributed by atoms with Crippen LogP contribution in [0.25, 0.3) is 93.0 Å². The number of fused-ring (bicyclic) bond motifs is 10. The molecule has 0 amide bonds. The fourth-order valence-electron chi connectivity index (χ4n) is 8.82. The topological polar surface area (TPSA) is 30.4 Å². The number of nitrogens with zero attached hydrogens (tertiary/aromatic N) is 2. The van der Waals surface area contributed by atoms with Crippen molar-refractivity contribution in [2.24, 2.45) is 4.99 Å². The van der Waals surface area contributed by atoms with Crippen molar-refractivity contribution in [3.8, 4) is 11.1 Å². The molecule has 56 heavy (non-hydrogen) atoms. The number of benzene rings is 9. The fourth-order valence-corrected chi connectivity index (χ4v) is 8.82. The van der Waals surface area contributed by atoms with Gasteiger partial charge in [0.2, 0.25) is 0 Å². The molecule has 11 rings (SSSR count). The third-order valence-corrected chi connectivity index (χ3v) is 11.5. The number of aryl methyl sites for hydroxylation is 1. The van der Waals surface area contributed by atoms with Crippen molar-refractivity contribution in [2.45, 2.75) is 13.3 Å². The van der Waals surface area contributed by atoms with E-state index in [4.69, 9.17) is 16.0 Å². The van der Waals surface area contributed by atoms with Gasteiger partial charge in [-0.05, 0) is 97.9 Å². The van der Waals surface area contributed by atoms with Gasteiger partial charge >= 0.3 is 0 Å². The molecule has 264 valence electrons. The quantitative estimate of drug-likeness (QED) is 0.158. The molecule has 9 aromatic carbocycles. The molecular formula is C53H36N2O. The van der Waals surface area contributed by atoms with E-state index in [0.29, 0.717) is 5.82 Å². The maximum Gasteiger partial charge on any atom is 0.136 e. The molecular weight excluding hydrogens is 681 g/mol. The highest BCUT2D eigenvalue weighted by Crippen LogP contribution is 2.40. The van der Waals surface area contributed by atoms with Gasteiger partial charge in [0.1, 0.15) is 17.0 Å². The van der Waals surface area contributed by atoms with Crippen LogP contribution in [0.5, 0.6) is 0 Å². The number of furan rings is 1. The zero-order valence-corrected chi connectivity index (χ0v) is 31.0. The summed E-state index contributed by atoms with van der Waals surface area (Å²) < 4.78 is 8.81. The van der Waals surface area contributed by atoms with E-state index in [1.807, 2.05) is 0 Å². The summed E-state index contributed by atoms with van der Waals surface area (Å²) in [6, 6.07) is 63.0. The molecule has 0 aliphatic carbocycles. The summed E-state index contributed by atoms with van der Waals surface area (Å²) in [5.74, 6) is 0.648. The van der Waals surface area contributed by atoms with Gasteiger partial charge in [-0.2, -0.15) is 0 Å². The van der Waals surface area contributed by atoms with Gasteiger partial charge in [0.15, 0.2) is 0 Å². The molecule has 0 spiro atoms. The largest absolute Gasteiger partial charge is 0.456 e. The minimum atomic E-state index is 0.648. The predicted octanol–water partition coefficient (Wildman–Crippen LogP) is 14.3. The van der Waals surface area contributed by atoms with Crippen LogP contribution in [-0.4, -0.2) is 10.3 Å². The first-order chi connectivity index (χ1) is 27.6. The van der Waals surface area contributed by atoms with E-state index in [-0.39, 0.29) is 0 Å². The van der Waals surface area contributed by atoms with E-state index in [0.717, 1.165) is 67.0 Å². The first-order valence-corrected chi connectivity index (χ1v) is 19.3. The second kappa shape index (κ2) is 12.7. The molecule has 0 aliphatic rings. The zero-order chi connectivity index (χ0) is 37.3. The summed E-state index contributed by atoms with van der Waals surface area (Å²) in [5, 5.41) is 11.7. The van der Waals surface area contributed by atoms with Gasteiger partial charge in [0.25, 0.3) is 0 Å². The maximum absolute atomic E-state index is 6.57. The molecule has 0 saturated carbocycles. The molecule has 0 aliphatic heterocycles. The first-order valence-electron chi connectivity index (χ1n) is 19.3. The number of rotatable bonds is 6. The van der Waals surface area contributed by atoms with Gasteiger partial charge in [0, 0.05) is 32.7 Å². The van der Waals surface area contributed by atoms with Crippen LogP contribution in [0.3, 0.4) is 0 Å². The molecule has 0 atom stereocenters. The smallest absolute Gasteiger partial charge is 0.136 e. The minimum absolute atomic E-state index is 0.648. The van der Waals surface area contributed by atoms with E-state index < -0.39 is 0 Å². The molecule has 0 bridgehead atoms. The predicted molar refractivity (Wildman–Crippen MR) is 238 cm³/mol. The Kier molecular flexibility index (Phi) is 7.30. The Morgan fingerprint density at radius 2 is 1.12 bits per heavy atom. The molecule has 2 heterocycles. The van der Waals surface area contributed by atoms with Crippen LogP contribution in [-0.2, 0) is 6.42 Å². The van der Waals surface area contributed by atoms with Crippen molar-refractivity contribution in [1.82, 2.24) is 4.57 Å². The lowest BCUT2D eigenvalue weighted by atomic mass is 9.92. The molecule has 0 radical (unpaired) electrons. The molecule has 3 nitrogen and oxygen atoms in total. The van der Waals surface area contributed by atoms with Gasteiger partial charge in [-0.15, -0.1) is 0 Å². The molecule has 3 heteroatoms. The van der Waals surface area contributed by atoms with E-state index in [1.54, 1.807) is 0 Å². The molecule has 0 unspecified atom stereocenters. The maximum atomic E-state index is 6.57. The second-order valence-corrected chi connectivity index (χ2v) is 14.7. The zero-order valence-electron chi connectivity index (χ0n) is 31.0. The average molecular weight is 717 g/mol. The monoisotopic (exact) mass is 716 g/mol. The summed E-state index contributed by atoms with van der Waals surface area (Å²) in [6.45, 7) is 6.98. The van der Waals surface area contributed by atoms with Crippen LogP contribution in [0.1, 0.15) is 23.6 Å². The number of hydrogen-bond acceptors (Lipinski definition) is 2. The highest BCUT2D eigenvalue weighted by molar-refractivity contribution is 6.29. The van der Waals surface area contributed by atoms with Crippen molar-refractivity contribution >= 4 is 87.6 Å². The van der Waals surface area contributed by atoms with Crippen molar-refractivity contribution < 1.29 is 4.42 Å². The Hall–Kier alpha value is -7.23. The first kappa shape index (κ1) is 32.2. The second-order valence-electron chi connectivity index (χ2n) is 14.7. The fraction of sp³-hybridized carbons (Fsp3) is 0.0377. The summed E-state index contributed by atoms with van der Waals surface area (Å²) in [5.41, 5.74) is 10.4. The normalized spacial score (nSPS) is 12.3. The Balaban J connectivity index is 1.18. The highest BCUT2D eigenvalue weighted by atomic mass is 16.3. The van der Waals surface area contributed by atoms with E-state index in [9.17, 15) is 0 Å². The summed E-state index contributed by atoms with van der Waals surface area (Å²) in [6.07, 6.45) is 0.867. The summed E-state index contributed by atoms with van der Waals surface area (Å²) >= 11 is 0. The van der Waals surface area contributed by atoms with Crippen molar-refractivity contribution in [2.75, 3.05) is 0 Å². The van der Waals surface area contributed by atoms with Crippen molar-refractivity contribution in [1.29, 1.82) is 0 Å². The number of hydrogen-bond donors (Lipinski definition) is 0. The Labute approximate surface area is 324 Å². The Bertz CT molecular complexity index is 3430. The number of aliphatic imine (C=N–C) groups is 1. The Morgan fingerprint density at radius 3 is 1.96 bits per heavy atom. The lowest BCUT2D eigenvalue weighted by Gasteiger charge is -2.15. The van der Waals surface area contributed by atoms with Crippen LogP contribution in [0.4, 0.5) is 0 Å². The summed E-state index contributed by atoms with van der Waals surface area (Å²) in [7, 11) is 0. The van der Waals surface area contributed by atoms with Crippen LogP contribution in [0.2, 0.25) is 0 Å². The van der Waals surface area contributed by atoms with E-state index >= 15 is 0 Å². The minimum Gasteiger partial charge on any atom is -0.456 e. The Morgan fingerprint density at radius 1 is 0.500 bits per heavy atom. The average Bonchev–Trinajstić information content (AvgIpc) is 3.80. The SMILES string of the molecule is C=C(N=C(c1ccccc1CC)c1cccc2oc3ccc4ccccc4c3c12)n1c2ccc(-c3ccc4ccccc4c3)cc2c2cc3ccccc3cc21. The third-order valence-electron chi connectivity index (χ3n) is 11.5. The molecule has 2 aromatic heterocycles. The molecule has 0 fully saturated rings. The standard InChI is InChI=1S/C53H36N2O/c1-3-34-13-8-11-20-43(34)53(44-21-12-22-49-52(44)51-42-19-10-9-15-36(42)26-28-50(51)56-49)54-33(2)55-47-27-25-41(40-24-23-35-14-4-5-16-37(35)29-40)31-45(47)46-30-38-17-6-7-18-39(38)32-48(46)55/h4-32H,2-3H2,1H3. The summed E-state index contributed by atoms with van der Waals surface area (Å²) in [4.78, 5) is 5.62. The van der Waals surface area contributed by atoms with Crippen LogP contribution in [0.15, 0.2) is 192 Å². The molecule has 0 saturated heterocycles. The lowest BCUT2D eigenvalue weighted by molar-refractivity contribution is 0.669. The van der Waals surface area contributed by atoms with Gasteiger partial charge in [-0.25, -0.2) is 4.99 Å². The lowest BCUT2D eigenvalue weighted by Crippen LogP contribution is -2.09. The third kappa shape index (κ3) is 5.02. The van der Waals surface area contributed by atoms with Crippen LogP contribution < -0.4 is 0 Å². The highest BCUT2D eigenvalue weighted by Gasteiger charge is 2.22. The van der Waals surface area contributed by atoms with Crippen molar-refractivity contribution in [3.05, 3.63) is 199 Å². The molecule has 11 aromatic rings. The molecule has 0 N–H and O–H groups in total. The van der Waals surface area contributed by atoms with Crippen LogP contribution >= 0.6 is 0 Å². The van der Waals surface area contributed by atoms with Gasteiger partial charge < -0.3 is 4.42 Å². The van der Waals surface area contributed by atoms with Crippen molar-refractivity contribution in [3.63, 3.8) is 0 Å². The van der Waals surface area contributed by atoms with Gasteiger partial charge in [-0.3, -0.25) is 4.57 Å².